The molecule has 4 rings (SSSR count). The number of thiophene rings is 1. The van der Waals surface area contributed by atoms with Crippen LogP contribution < -0.4 is 5.32 Å². The summed E-state index contributed by atoms with van der Waals surface area (Å²) in [7, 11) is 0. The number of nitrogens with one attached hydrogen (secondary N) is 1. The first-order chi connectivity index (χ1) is 13.7. The fourth-order valence-electron chi connectivity index (χ4n) is 3.58. The third-order valence-corrected chi connectivity index (χ3v) is 6.00. The van der Waals surface area contributed by atoms with Crippen molar-refractivity contribution in [2.24, 2.45) is 0 Å². The van der Waals surface area contributed by atoms with Crippen molar-refractivity contribution in [3.05, 3.63) is 42.3 Å². The van der Waals surface area contributed by atoms with Gasteiger partial charge >= 0.3 is 0 Å². The first kappa shape index (κ1) is 18.8. The van der Waals surface area contributed by atoms with Gasteiger partial charge in [0, 0.05) is 24.5 Å². The lowest BCUT2D eigenvalue weighted by Gasteiger charge is -2.22. The molecule has 1 saturated heterocycles. The zero-order valence-electron chi connectivity index (χ0n) is 15.9. The Bertz CT molecular complexity index is 902. The van der Waals surface area contributed by atoms with Gasteiger partial charge in [-0.05, 0) is 44.3 Å². The van der Waals surface area contributed by atoms with Crippen LogP contribution in [0.2, 0.25) is 0 Å². The minimum Gasteiger partial charge on any atom is -0.353 e. The summed E-state index contributed by atoms with van der Waals surface area (Å²) in [5.41, 5.74) is 2.76. The molecule has 0 spiro atoms. The topological polar surface area (TPSA) is 75.9 Å². The van der Waals surface area contributed by atoms with Crippen LogP contribution in [-0.2, 0) is 11.3 Å². The highest BCUT2D eigenvalue weighted by Crippen LogP contribution is 2.33. The lowest BCUT2D eigenvalue weighted by atomic mass is 10.1. The van der Waals surface area contributed by atoms with E-state index in [1.54, 1.807) is 29.9 Å². The van der Waals surface area contributed by atoms with E-state index in [1.807, 2.05) is 29.2 Å². The summed E-state index contributed by atoms with van der Waals surface area (Å²) >= 11 is 1.66. The molecule has 7 nitrogen and oxygen atoms in total. The number of likely N-dealkylation sites (tertiary alicyclic amines) is 1. The molecule has 0 aliphatic carbocycles. The van der Waals surface area contributed by atoms with E-state index in [4.69, 9.17) is 0 Å². The fourth-order valence-corrected chi connectivity index (χ4v) is 4.37. The predicted octanol–water partition coefficient (Wildman–Crippen LogP) is 2.67. The van der Waals surface area contributed by atoms with Gasteiger partial charge in [-0.1, -0.05) is 6.07 Å². The van der Waals surface area contributed by atoms with Gasteiger partial charge in [-0.2, -0.15) is 5.10 Å². The Labute approximate surface area is 168 Å². The molecule has 4 heterocycles. The summed E-state index contributed by atoms with van der Waals surface area (Å²) in [6.07, 6.45) is 9.28. The van der Waals surface area contributed by atoms with E-state index in [0.717, 1.165) is 34.9 Å². The van der Waals surface area contributed by atoms with Gasteiger partial charge in [0.25, 0.3) is 0 Å². The summed E-state index contributed by atoms with van der Waals surface area (Å²) in [5, 5.41) is 9.67. The molecular formula is C20H24N6OS. The van der Waals surface area contributed by atoms with Crippen LogP contribution in [-0.4, -0.2) is 56.2 Å². The second-order valence-corrected chi connectivity index (χ2v) is 7.86. The normalized spacial score (nSPS) is 15.6. The Morgan fingerprint density at radius 1 is 1.29 bits per heavy atom. The molecule has 0 radical (unpaired) electrons. The van der Waals surface area contributed by atoms with Crippen molar-refractivity contribution in [3.63, 3.8) is 0 Å². The van der Waals surface area contributed by atoms with Crippen LogP contribution in [0.4, 0.5) is 0 Å². The summed E-state index contributed by atoms with van der Waals surface area (Å²) in [5.74, 6) is 0.0841. The van der Waals surface area contributed by atoms with Gasteiger partial charge < -0.3 is 5.32 Å². The zero-order valence-corrected chi connectivity index (χ0v) is 16.7. The molecule has 0 unspecified atom stereocenters. The molecule has 1 fully saturated rings. The summed E-state index contributed by atoms with van der Waals surface area (Å²) < 4.78 is 1.94. The molecule has 0 aromatic carbocycles. The lowest BCUT2D eigenvalue weighted by molar-refractivity contribution is -0.125. The first-order valence-corrected chi connectivity index (χ1v) is 10.5. The van der Waals surface area contributed by atoms with Crippen molar-refractivity contribution in [3.8, 4) is 21.8 Å². The van der Waals surface area contributed by atoms with Crippen molar-refractivity contribution in [2.75, 3.05) is 19.6 Å². The number of hydrogen-bond acceptors (Lipinski definition) is 6. The van der Waals surface area contributed by atoms with Gasteiger partial charge in [-0.25, -0.2) is 0 Å². The smallest absolute Gasteiger partial charge is 0.237 e. The van der Waals surface area contributed by atoms with Gasteiger partial charge in [0.1, 0.15) is 0 Å². The van der Waals surface area contributed by atoms with E-state index in [2.05, 4.69) is 31.3 Å². The number of carbonyl (C=O) groups excluding carboxylic acids is 1. The highest BCUT2D eigenvalue weighted by atomic mass is 32.1. The maximum Gasteiger partial charge on any atom is 0.237 e. The Morgan fingerprint density at radius 3 is 2.86 bits per heavy atom. The second kappa shape index (κ2) is 8.62. The van der Waals surface area contributed by atoms with Gasteiger partial charge in [-0.15, -0.1) is 11.3 Å². The standard InChI is InChI=1S/C20H24N6OS/c1-15(25-9-2-3-10-25)20(27)23-8-11-26-19(18-5-4-12-28-18)16(13-24-26)17-14-21-6-7-22-17/h4-7,12-15H,2-3,8-11H2,1H3,(H,23,27)/t15-/m0/s1. The molecule has 146 valence electrons. The summed E-state index contributed by atoms with van der Waals surface area (Å²) in [4.78, 5) is 24.4. The second-order valence-electron chi connectivity index (χ2n) is 6.91. The van der Waals surface area contributed by atoms with Crippen molar-refractivity contribution >= 4 is 17.2 Å². The molecule has 28 heavy (non-hydrogen) atoms. The summed E-state index contributed by atoms with van der Waals surface area (Å²) in [6.45, 7) is 5.15. The number of hydrogen-bond donors (Lipinski definition) is 1. The number of carbonyl (C=O) groups is 1. The van der Waals surface area contributed by atoms with E-state index >= 15 is 0 Å². The number of rotatable bonds is 7. The van der Waals surface area contributed by atoms with Crippen LogP contribution in [0.5, 0.6) is 0 Å². The van der Waals surface area contributed by atoms with E-state index in [9.17, 15) is 4.79 Å². The minimum atomic E-state index is -0.0768. The molecule has 1 amide bonds. The molecule has 0 saturated carbocycles. The van der Waals surface area contributed by atoms with Crippen molar-refractivity contribution in [1.82, 2.24) is 30.0 Å². The molecule has 8 heteroatoms. The van der Waals surface area contributed by atoms with Crippen LogP contribution >= 0.6 is 11.3 Å². The minimum absolute atomic E-state index is 0.0768. The number of nitrogens with zero attached hydrogens (tertiary/aromatic N) is 5. The van der Waals surface area contributed by atoms with E-state index < -0.39 is 0 Å². The zero-order chi connectivity index (χ0) is 19.3. The Balaban J connectivity index is 1.47. The van der Waals surface area contributed by atoms with Gasteiger partial charge in [0.2, 0.25) is 5.91 Å². The van der Waals surface area contributed by atoms with Crippen LogP contribution in [0.15, 0.2) is 42.3 Å². The Kier molecular flexibility index (Phi) is 5.78. The number of amides is 1. The van der Waals surface area contributed by atoms with Crippen LogP contribution in [0.25, 0.3) is 21.8 Å². The molecule has 1 N–H and O–H groups in total. The van der Waals surface area contributed by atoms with Gasteiger partial charge in [-0.3, -0.25) is 24.3 Å². The molecule has 1 atom stereocenters. The highest BCUT2D eigenvalue weighted by molar-refractivity contribution is 7.13. The Hall–Kier alpha value is -2.58. The highest BCUT2D eigenvalue weighted by Gasteiger charge is 2.23. The third-order valence-electron chi connectivity index (χ3n) is 5.12. The fraction of sp³-hybridized carbons (Fsp3) is 0.400. The molecule has 3 aromatic rings. The van der Waals surface area contributed by atoms with Crippen LogP contribution in [0.1, 0.15) is 19.8 Å². The Morgan fingerprint density at radius 2 is 2.14 bits per heavy atom. The van der Waals surface area contributed by atoms with Crippen LogP contribution in [0.3, 0.4) is 0 Å². The SMILES string of the molecule is C[C@@H](C(=O)NCCn1ncc(-c2cnccn2)c1-c1cccs1)N1CCCC1. The molecule has 1 aliphatic heterocycles. The molecule has 1 aliphatic rings. The monoisotopic (exact) mass is 396 g/mol. The van der Waals surface area contributed by atoms with E-state index in [0.29, 0.717) is 13.1 Å². The molecule has 0 bridgehead atoms. The average molecular weight is 397 g/mol. The number of aromatic nitrogens is 4. The predicted molar refractivity (Wildman–Crippen MR) is 110 cm³/mol. The lowest BCUT2D eigenvalue weighted by Crippen LogP contribution is -2.44. The van der Waals surface area contributed by atoms with Crippen molar-refractivity contribution in [2.45, 2.75) is 32.4 Å². The summed E-state index contributed by atoms with van der Waals surface area (Å²) in [6, 6.07) is 4.02. The average Bonchev–Trinajstić information content (AvgIpc) is 3.48. The largest absolute Gasteiger partial charge is 0.353 e. The van der Waals surface area contributed by atoms with Gasteiger partial charge in [0.05, 0.1) is 41.2 Å². The van der Waals surface area contributed by atoms with Crippen LogP contribution in [0, 0.1) is 0 Å². The first-order valence-electron chi connectivity index (χ1n) is 9.62. The van der Waals surface area contributed by atoms with Gasteiger partial charge in [0.15, 0.2) is 0 Å². The maximum absolute atomic E-state index is 12.5. The van der Waals surface area contributed by atoms with Crippen molar-refractivity contribution in [1.29, 1.82) is 0 Å². The molecule has 3 aromatic heterocycles. The third kappa shape index (κ3) is 3.98. The maximum atomic E-state index is 12.5. The van der Waals surface area contributed by atoms with E-state index in [-0.39, 0.29) is 11.9 Å². The van der Waals surface area contributed by atoms with E-state index in [1.165, 1.54) is 12.8 Å². The quantitative estimate of drug-likeness (QED) is 0.664. The molecular weight excluding hydrogens is 372 g/mol. The van der Waals surface area contributed by atoms with Crippen molar-refractivity contribution < 1.29 is 4.79 Å².